The highest BCUT2D eigenvalue weighted by atomic mass is 35.5. The minimum Gasteiger partial charge on any atom is -0.480 e. The summed E-state index contributed by atoms with van der Waals surface area (Å²) in [5.74, 6) is -1.33. The van der Waals surface area contributed by atoms with Gasteiger partial charge in [-0.15, -0.1) is 0 Å². The summed E-state index contributed by atoms with van der Waals surface area (Å²) in [6, 6.07) is 21.0. The molecule has 0 bridgehead atoms. The molecular weight excluding hydrogens is 449 g/mol. The number of carbonyl (C=O) groups is 2. The minimum absolute atomic E-state index is 0.0497. The summed E-state index contributed by atoms with van der Waals surface area (Å²) in [7, 11) is 0. The van der Waals surface area contributed by atoms with Crippen molar-refractivity contribution in [3.8, 4) is 11.1 Å². The maximum Gasteiger partial charge on any atom is 0.408 e. The lowest BCUT2D eigenvalue weighted by Gasteiger charge is -2.27. The van der Waals surface area contributed by atoms with Gasteiger partial charge in [0.25, 0.3) is 0 Å². The highest BCUT2D eigenvalue weighted by molar-refractivity contribution is 6.42. The Bertz CT molecular complexity index is 1150. The fourth-order valence-corrected chi connectivity index (χ4v) is 4.49. The fourth-order valence-electron chi connectivity index (χ4n) is 4.10. The second-order valence-corrected chi connectivity index (χ2v) is 8.76. The minimum atomic E-state index is -1.63. The van der Waals surface area contributed by atoms with Crippen molar-refractivity contribution in [1.82, 2.24) is 5.32 Å². The van der Waals surface area contributed by atoms with Crippen LogP contribution in [0.1, 0.15) is 29.5 Å². The number of hydrogen-bond donors (Lipinski definition) is 2. The number of carbonyl (C=O) groups excluding carboxylic acids is 1. The first-order chi connectivity index (χ1) is 15.3. The second-order valence-electron chi connectivity index (χ2n) is 7.98. The van der Waals surface area contributed by atoms with E-state index in [-0.39, 0.29) is 24.0 Å². The normalized spacial score (nSPS) is 14.2. The monoisotopic (exact) mass is 469 g/mol. The molecule has 5 nitrogen and oxygen atoms in total. The summed E-state index contributed by atoms with van der Waals surface area (Å²) in [6.45, 7) is 1.50. The lowest BCUT2D eigenvalue weighted by Crippen LogP contribution is -2.54. The number of carboxylic acid groups (broad SMARTS) is 1. The van der Waals surface area contributed by atoms with E-state index in [1.807, 2.05) is 48.5 Å². The summed E-state index contributed by atoms with van der Waals surface area (Å²) in [6.07, 6.45) is -0.860. The van der Waals surface area contributed by atoms with E-state index in [9.17, 15) is 14.7 Å². The Kier molecular flexibility index (Phi) is 6.13. The van der Waals surface area contributed by atoms with E-state index in [2.05, 4.69) is 5.32 Å². The molecule has 1 aliphatic rings. The van der Waals surface area contributed by atoms with Crippen LogP contribution >= 0.6 is 23.2 Å². The van der Waals surface area contributed by atoms with Crippen LogP contribution in [0.2, 0.25) is 10.0 Å². The molecule has 0 radical (unpaired) electrons. The van der Waals surface area contributed by atoms with Gasteiger partial charge in [0.1, 0.15) is 12.1 Å². The lowest BCUT2D eigenvalue weighted by atomic mass is 9.93. The van der Waals surface area contributed by atoms with Crippen molar-refractivity contribution in [2.45, 2.75) is 24.8 Å². The molecule has 1 atom stereocenters. The predicted octanol–water partition coefficient (Wildman–Crippen LogP) is 5.92. The number of halogens is 2. The van der Waals surface area contributed by atoms with Crippen molar-refractivity contribution in [2.24, 2.45) is 0 Å². The maximum absolute atomic E-state index is 12.6. The third kappa shape index (κ3) is 4.18. The molecule has 164 valence electrons. The number of amides is 1. The van der Waals surface area contributed by atoms with Crippen LogP contribution in [-0.4, -0.2) is 29.3 Å². The number of aliphatic carboxylic acids is 1. The highest BCUT2D eigenvalue weighted by Gasteiger charge is 2.37. The van der Waals surface area contributed by atoms with Gasteiger partial charge >= 0.3 is 12.1 Å². The summed E-state index contributed by atoms with van der Waals surface area (Å²) in [5.41, 5.74) is 3.27. The van der Waals surface area contributed by atoms with Gasteiger partial charge in [-0.25, -0.2) is 9.59 Å². The van der Waals surface area contributed by atoms with Gasteiger partial charge in [-0.1, -0.05) is 83.9 Å². The van der Waals surface area contributed by atoms with E-state index < -0.39 is 17.6 Å². The zero-order valence-electron chi connectivity index (χ0n) is 17.3. The molecule has 3 aromatic carbocycles. The molecule has 3 aromatic rings. The zero-order chi connectivity index (χ0) is 22.9. The molecule has 1 aliphatic carbocycles. The van der Waals surface area contributed by atoms with Crippen molar-refractivity contribution in [1.29, 1.82) is 0 Å². The predicted molar refractivity (Wildman–Crippen MR) is 124 cm³/mol. The van der Waals surface area contributed by atoms with Crippen molar-refractivity contribution in [3.05, 3.63) is 93.5 Å². The largest absolute Gasteiger partial charge is 0.480 e. The van der Waals surface area contributed by atoms with Gasteiger partial charge in [0, 0.05) is 12.3 Å². The Morgan fingerprint density at radius 3 is 2.16 bits per heavy atom. The molecule has 0 aromatic heterocycles. The number of nitrogens with one attached hydrogen (secondary N) is 1. The van der Waals surface area contributed by atoms with Gasteiger partial charge in [-0.3, -0.25) is 0 Å². The Morgan fingerprint density at radius 1 is 0.969 bits per heavy atom. The average Bonchev–Trinajstić information content (AvgIpc) is 3.09. The zero-order valence-corrected chi connectivity index (χ0v) is 18.8. The van der Waals surface area contributed by atoms with Crippen LogP contribution in [0.3, 0.4) is 0 Å². The molecule has 0 saturated heterocycles. The van der Waals surface area contributed by atoms with E-state index in [4.69, 9.17) is 27.9 Å². The standard InChI is InChI=1S/C25H21Cl2NO4/c1-25(23(29)30,13-15-7-6-12-21(26)22(15)27)28-24(31)32-14-20-18-10-4-2-8-16(18)17-9-3-5-11-19(17)20/h2-12,20H,13-14H2,1H3,(H,28,31)(H,29,30). The van der Waals surface area contributed by atoms with E-state index >= 15 is 0 Å². The van der Waals surface area contributed by atoms with E-state index in [1.54, 1.807) is 18.2 Å². The van der Waals surface area contributed by atoms with Gasteiger partial charge < -0.3 is 15.2 Å². The van der Waals surface area contributed by atoms with Crippen LogP contribution in [0, 0.1) is 0 Å². The van der Waals surface area contributed by atoms with Crippen LogP contribution in [0.15, 0.2) is 66.7 Å². The molecule has 4 rings (SSSR count). The number of alkyl carbamates (subject to hydrolysis) is 1. The molecule has 0 heterocycles. The van der Waals surface area contributed by atoms with E-state index in [0.29, 0.717) is 10.6 Å². The van der Waals surface area contributed by atoms with Crippen LogP contribution in [-0.2, 0) is 16.0 Å². The highest BCUT2D eigenvalue weighted by Crippen LogP contribution is 2.44. The molecule has 1 amide bonds. The number of fused-ring (bicyclic) bond motifs is 3. The third-order valence-electron chi connectivity index (χ3n) is 5.77. The second kappa shape index (κ2) is 8.85. The Labute approximate surface area is 195 Å². The lowest BCUT2D eigenvalue weighted by molar-refractivity contribution is -0.143. The summed E-state index contributed by atoms with van der Waals surface area (Å²) >= 11 is 12.3. The van der Waals surface area contributed by atoms with Crippen LogP contribution < -0.4 is 5.32 Å². The van der Waals surface area contributed by atoms with Crippen LogP contribution in [0.5, 0.6) is 0 Å². The number of benzene rings is 3. The van der Waals surface area contributed by atoms with Crippen molar-refractivity contribution in [2.75, 3.05) is 6.61 Å². The first kappa shape index (κ1) is 22.2. The number of hydrogen-bond acceptors (Lipinski definition) is 3. The van der Waals surface area contributed by atoms with Crippen molar-refractivity contribution >= 4 is 35.3 Å². The van der Waals surface area contributed by atoms with Gasteiger partial charge in [0.15, 0.2) is 0 Å². The molecule has 32 heavy (non-hydrogen) atoms. The van der Waals surface area contributed by atoms with Gasteiger partial charge in [0.05, 0.1) is 10.0 Å². The summed E-state index contributed by atoms with van der Waals surface area (Å²) in [4.78, 5) is 24.6. The topological polar surface area (TPSA) is 75.6 Å². The first-order valence-electron chi connectivity index (χ1n) is 10.1. The summed E-state index contributed by atoms with van der Waals surface area (Å²) in [5, 5.41) is 12.9. The molecule has 0 spiro atoms. The first-order valence-corrected chi connectivity index (χ1v) is 10.8. The number of carboxylic acids is 1. The Balaban J connectivity index is 1.49. The fraction of sp³-hybridized carbons (Fsp3) is 0.200. The SMILES string of the molecule is CC(Cc1cccc(Cl)c1Cl)(NC(=O)OCC1c2ccccc2-c2ccccc21)C(=O)O. The molecule has 7 heteroatoms. The van der Waals surface area contributed by atoms with Crippen LogP contribution in [0.4, 0.5) is 4.79 Å². The van der Waals surface area contributed by atoms with Crippen molar-refractivity contribution < 1.29 is 19.4 Å². The molecule has 0 aliphatic heterocycles. The molecule has 2 N–H and O–H groups in total. The average molecular weight is 470 g/mol. The van der Waals surface area contributed by atoms with Gasteiger partial charge in [0.2, 0.25) is 0 Å². The molecular formula is C25H21Cl2NO4. The molecule has 1 unspecified atom stereocenters. The van der Waals surface area contributed by atoms with E-state index in [0.717, 1.165) is 22.3 Å². The van der Waals surface area contributed by atoms with E-state index in [1.165, 1.54) is 6.92 Å². The maximum atomic E-state index is 12.6. The molecule has 0 fully saturated rings. The number of ether oxygens (including phenoxy) is 1. The van der Waals surface area contributed by atoms with Crippen molar-refractivity contribution in [3.63, 3.8) is 0 Å². The smallest absolute Gasteiger partial charge is 0.408 e. The third-order valence-corrected chi connectivity index (χ3v) is 6.63. The summed E-state index contributed by atoms with van der Waals surface area (Å²) < 4.78 is 5.50. The van der Waals surface area contributed by atoms with Crippen LogP contribution in [0.25, 0.3) is 11.1 Å². The molecule has 0 saturated carbocycles. The Morgan fingerprint density at radius 2 is 1.56 bits per heavy atom. The number of rotatable bonds is 6. The van der Waals surface area contributed by atoms with Gasteiger partial charge in [-0.05, 0) is 40.8 Å². The Hall–Kier alpha value is -3.02. The quantitative estimate of drug-likeness (QED) is 0.469. The van der Waals surface area contributed by atoms with Gasteiger partial charge in [-0.2, -0.15) is 0 Å².